The number of nitrogens with two attached hydrogens (primary N) is 1. The Bertz CT molecular complexity index is 512. The van der Waals surface area contributed by atoms with E-state index in [1.807, 2.05) is 6.92 Å². The highest BCUT2D eigenvalue weighted by Crippen LogP contribution is 2.63. The van der Waals surface area contributed by atoms with Crippen LogP contribution >= 0.6 is 0 Å². The van der Waals surface area contributed by atoms with E-state index in [9.17, 15) is 0 Å². The van der Waals surface area contributed by atoms with Crippen LogP contribution in [0.1, 0.15) is 63.3 Å². The first-order valence-corrected chi connectivity index (χ1v) is 7.80. The molecule has 0 aliphatic heterocycles. The Kier molecular flexibility index (Phi) is 2.62. The lowest BCUT2D eigenvalue weighted by Gasteiger charge is -2.58. The summed E-state index contributed by atoms with van der Waals surface area (Å²) in [6.45, 7) is 5.74. The van der Waals surface area contributed by atoms with Crippen molar-refractivity contribution >= 4 is 5.57 Å². The minimum absolute atomic E-state index is 0.100. The minimum Gasteiger partial charge on any atom is -0.419 e. The van der Waals surface area contributed by atoms with Gasteiger partial charge in [-0.2, -0.15) is 0 Å². The maximum atomic E-state index is 6.58. The minimum atomic E-state index is -0.100. The van der Waals surface area contributed by atoms with E-state index >= 15 is 0 Å². The molecule has 5 rings (SSSR count). The molecule has 1 unspecified atom stereocenters. The predicted octanol–water partition coefficient (Wildman–Crippen LogP) is 3.32. The summed E-state index contributed by atoms with van der Waals surface area (Å²) in [6.07, 6.45) is 8.04. The number of allylic oxidation sites excluding steroid dienone is 1. The Morgan fingerprint density at radius 2 is 1.75 bits per heavy atom. The second-order valence-corrected chi connectivity index (χ2v) is 7.48. The standard InChI is InChI=1S/C16H23N3O/c1-9(2)14-18-19-15(20-14)13(17)16-6-10-3-11(7-16)5-12(4-10)8-16/h10-13H,1,3-8,17H2,2H3. The van der Waals surface area contributed by atoms with Gasteiger partial charge in [0.2, 0.25) is 11.8 Å². The van der Waals surface area contributed by atoms with Crippen LogP contribution in [0.4, 0.5) is 0 Å². The van der Waals surface area contributed by atoms with Crippen molar-refractivity contribution in [1.29, 1.82) is 0 Å². The van der Waals surface area contributed by atoms with E-state index in [-0.39, 0.29) is 11.5 Å². The van der Waals surface area contributed by atoms with E-state index in [1.54, 1.807) is 0 Å². The zero-order valence-electron chi connectivity index (χ0n) is 12.1. The van der Waals surface area contributed by atoms with Crippen molar-refractivity contribution in [2.24, 2.45) is 28.9 Å². The summed E-state index contributed by atoms with van der Waals surface area (Å²) in [5.41, 5.74) is 7.60. The van der Waals surface area contributed by atoms with Gasteiger partial charge in [0.25, 0.3) is 0 Å². The fourth-order valence-corrected chi connectivity index (χ4v) is 5.35. The molecule has 0 saturated heterocycles. The van der Waals surface area contributed by atoms with Crippen molar-refractivity contribution in [2.75, 3.05) is 0 Å². The summed E-state index contributed by atoms with van der Waals surface area (Å²) in [5.74, 6) is 3.80. The monoisotopic (exact) mass is 273 g/mol. The van der Waals surface area contributed by atoms with E-state index in [0.717, 1.165) is 23.3 Å². The molecule has 1 atom stereocenters. The van der Waals surface area contributed by atoms with E-state index in [2.05, 4.69) is 16.8 Å². The molecular formula is C16H23N3O. The highest BCUT2D eigenvalue weighted by Gasteiger charge is 2.54. The molecule has 4 aliphatic carbocycles. The van der Waals surface area contributed by atoms with Crippen LogP contribution in [-0.2, 0) is 0 Å². The van der Waals surface area contributed by atoms with Crippen LogP contribution in [0.5, 0.6) is 0 Å². The second kappa shape index (κ2) is 4.17. The highest BCUT2D eigenvalue weighted by atomic mass is 16.4. The topological polar surface area (TPSA) is 64.9 Å². The van der Waals surface area contributed by atoms with Gasteiger partial charge in [-0.1, -0.05) is 6.58 Å². The Morgan fingerprint density at radius 3 is 2.20 bits per heavy atom. The summed E-state index contributed by atoms with van der Waals surface area (Å²) in [7, 11) is 0. The van der Waals surface area contributed by atoms with Crippen molar-refractivity contribution in [1.82, 2.24) is 10.2 Å². The normalized spacial score (nSPS) is 40.0. The summed E-state index contributed by atoms with van der Waals surface area (Å²) in [4.78, 5) is 0. The second-order valence-electron chi connectivity index (χ2n) is 7.48. The number of hydrogen-bond acceptors (Lipinski definition) is 4. The van der Waals surface area contributed by atoms with Gasteiger partial charge in [0.05, 0.1) is 6.04 Å². The number of aromatic nitrogens is 2. The third-order valence-corrected chi connectivity index (χ3v) is 5.82. The van der Waals surface area contributed by atoms with Crippen LogP contribution in [-0.4, -0.2) is 10.2 Å². The van der Waals surface area contributed by atoms with Gasteiger partial charge in [-0.05, 0) is 68.6 Å². The molecule has 4 fully saturated rings. The first kappa shape index (κ1) is 12.6. The first-order chi connectivity index (χ1) is 9.56. The maximum Gasteiger partial charge on any atom is 0.242 e. The zero-order chi connectivity index (χ0) is 13.9. The van der Waals surface area contributed by atoms with Crippen molar-refractivity contribution in [3.63, 3.8) is 0 Å². The lowest BCUT2D eigenvalue weighted by molar-refractivity contribution is -0.0718. The Balaban J connectivity index is 1.64. The van der Waals surface area contributed by atoms with Crippen LogP contribution in [0.25, 0.3) is 5.57 Å². The van der Waals surface area contributed by atoms with Gasteiger partial charge in [0, 0.05) is 5.57 Å². The zero-order valence-corrected chi connectivity index (χ0v) is 12.1. The van der Waals surface area contributed by atoms with Gasteiger partial charge in [-0.3, -0.25) is 0 Å². The quantitative estimate of drug-likeness (QED) is 0.917. The molecule has 0 radical (unpaired) electrons. The van der Waals surface area contributed by atoms with E-state index in [4.69, 9.17) is 10.2 Å². The van der Waals surface area contributed by atoms with Crippen LogP contribution in [0.2, 0.25) is 0 Å². The molecular weight excluding hydrogens is 250 g/mol. The molecule has 1 aromatic heterocycles. The fourth-order valence-electron chi connectivity index (χ4n) is 5.35. The molecule has 20 heavy (non-hydrogen) atoms. The molecule has 108 valence electrons. The fraction of sp³-hybridized carbons (Fsp3) is 0.750. The van der Waals surface area contributed by atoms with Crippen molar-refractivity contribution in [3.8, 4) is 0 Å². The third-order valence-electron chi connectivity index (χ3n) is 5.82. The molecule has 4 heteroatoms. The highest BCUT2D eigenvalue weighted by molar-refractivity contribution is 5.51. The molecule has 1 aromatic rings. The predicted molar refractivity (Wildman–Crippen MR) is 76.5 cm³/mol. The molecule has 0 amide bonds. The Labute approximate surface area is 119 Å². The number of rotatable bonds is 3. The van der Waals surface area contributed by atoms with Gasteiger partial charge < -0.3 is 10.2 Å². The lowest BCUT2D eigenvalue weighted by atomic mass is 9.48. The van der Waals surface area contributed by atoms with E-state index in [0.29, 0.717) is 11.8 Å². The van der Waals surface area contributed by atoms with Crippen LogP contribution in [0.3, 0.4) is 0 Å². The summed E-state index contributed by atoms with van der Waals surface area (Å²) in [6, 6.07) is -0.100. The Hall–Kier alpha value is -1.16. The molecule has 0 aromatic carbocycles. The largest absolute Gasteiger partial charge is 0.419 e. The van der Waals surface area contributed by atoms with E-state index in [1.165, 1.54) is 38.5 Å². The number of hydrogen-bond donors (Lipinski definition) is 1. The van der Waals surface area contributed by atoms with E-state index < -0.39 is 0 Å². The van der Waals surface area contributed by atoms with Crippen molar-refractivity contribution in [2.45, 2.75) is 51.5 Å². The Morgan fingerprint density at radius 1 is 1.20 bits per heavy atom. The molecule has 4 bridgehead atoms. The average Bonchev–Trinajstić information content (AvgIpc) is 2.85. The van der Waals surface area contributed by atoms with Gasteiger partial charge in [0.15, 0.2) is 0 Å². The summed E-state index contributed by atoms with van der Waals surface area (Å²) >= 11 is 0. The molecule has 4 saturated carbocycles. The molecule has 0 spiro atoms. The van der Waals surface area contributed by atoms with Crippen LogP contribution < -0.4 is 5.73 Å². The van der Waals surface area contributed by atoms with Gasteiger partial charge >= 0.3 is 0 Å². The third kappa shape index (κ3) is 1.77. The van der Waals surface area contributed by atoms with Gasteiger partial charge in [-0.25, -0.2) is 0 Å². The lowest BCUT2D eigenvalue weighted by Crippen LogP contribution is -2.50. The van der Waals surface area contributed by atoms with Crippen molar-refractivity contribution < 1.29 is 4.42 Å². The average molecular weight is 273 g/mol. The maximum absolute atomic E-state index is 6.58. The van der Waals surface area contributed by atoms with Gasteiger partial charge in [0.1, 0.15) is 0 Å². The van der Waals surface area contributed by atoms with Crippen LogP contribution in [0.15, 0.2) is 11.0 Å². The molecule has 1 heterocycles. The van der Waals surface area contributed by atoms with Crippen LogP contribution in [0, 0.1) is 23.2 Å². The first-order valence-electron chi connectivity index (χ1n) is 7.80. The van der Waals surface area contributed by atoms with Crippen molar-refractivity contribution in [3.05, 3.63) is 18.4 Å². The number of nitrogens with zero attached hydrogens (tertiary/aromatic N) is 2. The smallest absolute Gasteiger partial charge is 0.242 e. The molecule has 4 aliphatic rings. The summed E-state index contributed by atoms with van der Waals surface area (Å²) < 4.78 is 5.75. The molecule has 4 nitrogen and oxygen atoms in total. The van der Waals surface area contributed by atoms with Gasteiger partial charge in [-0.15, -0.1) is 10.2 Å². The summed E-state index contributed by atoms with van der Waals surface area (Å²) in [5, 5.41) is 8.26. The SMILES string of the molecule is C=C(C)c1nnc(C(N)C23CC4CC(CC(C4)C2)C3)o1. The molecule has 2 N–H and O–H groups in total.